The first kappa shape index (κ1) is 23.8. The van der Waals surface area contributed by atoms with Crippen molar-refractivity contribution in [1.29, 1.82) is 0 Å². The molecule has 2 heterocycles. The maximum atomic E-state index is 13.5. The summed E-state index contributed by atoms with van der Waals surface area (Å²) >= 11 is 0. The molecule has 1 aliphatic carbocycles. The van der Waals surface area contributed by atoms with Crippen molar-refractivity contribution < 1.29 is 28.2 Å². The largest absolute Gasteiger partial charge is 0.474 e. The highest BCUT2D eigenvalue weighted by atomic mass is 19.1. The maximum absolute atomic E-state index is 13.5. The number of imide groups is 1. The molecular formula is C28H27FN2O5. The van der Waals surface area contributed by atoms with Crippen molar-refractivity contribution >= 4 is 23.6 Å². The Hall–Kier alpha value is -3.94. The number of carbonyl (C=O) groups is 3. The standard InChI is InChI=1S/C28H27FN2O5/c1-16-13-23(30(25(16)32)19-11-9-18(29)10-12-19)35-15-22-21-14-17-7-5-6-8-20(17)24(21)31(26(22)33)27(34)36-28(2,3)4/h5-13,15,21,23-24H,14H2,1-4H3. The summed E-state index contributed by atoms with van der Waals surface area (Å²) in [5.74, 6) is -1.47. The van der Waals surface area contributed by atoms with Crippen molar-refractivity contribution in [3.63, 3.8) is 0 Å². The summed E-state index contributed by atoms with van der Waals surface area (Å²) in [6.45, 7) is 6.92. The molecule has 1 saturated heterocycles. The van der Waals surface area contributed by atoms with Crippen molar-refractivity contribution in [3.8, 4) is 0 Å². The number of amides is 3. The third-order valence-electron chi connectivity index (χ3n) is 6.57. The fraction of sp³-hybridized carbons (Fsp3) is 0.321. The second kappa shape index (κ2) is 8.62. The monoisotopic (exact) mass is 490 g/mol. The van der Waals surface area contributed by atoms with Crippen molar-refractivity contribution in [3.05, 3.63) is 89.0 Å². The topological polar surface area (TPSA) is 76.2 Å². The Labute approximate surface area is 208 Å². The molecule has 0 spiro atoms. The number of carbonyl (C=O) groups excluding carboxylic acids is 3. The number of halogens is 1. The van der Waals surface area contributed by atoms with Crippen LogP contribution in [0.1, 0.15) is 44.9 Å². The molecule has 7 nitrogen and oxygen atoms in total. The normalized spacial score (nSPS) is 24.2. The first-order valence-electron chi connectivity index (χ1n) is 11.8. The van der Waals surface area contributed by atoms with Crippen LogP contribution in [0.2, 0.25) is 0 Å². The molecule has 186 valence electrons. The van der Waals surface area contributed by atoms with E-state index in [4.69, 9.17) is 9.47 Å². The number of ether oxygens (including phenoxy) is 2. The third kappa shape index (κ3) is 4.06. The Kier molecular flexibility index (Phi) is 5.70. The number of benzene rings is 2. The number of anilines is 1. The summed E-state index contributed by atoms with van der Waals surface area (Å²) in [6.07, 6.45) is 2.05. The van der Waals surface area contributed by atoms with Gasteiger partial charge in [0.1, 0.15) is 11.4 Å². The van der Waals surface area contributed by atoms with Crippen LogP contribution in [0.5, 0.6) is 0 Å². The van der Waals surface area contributed by atoms with Crippen molar-refractivity contribution in [2.45, 2.75) is 52.0 Å². The molecule has 0 radical (unpaired) electrons. The molecular weight excluding hydrogens is 463 g/mol. The zero-order chi connectivity index (χ0) is 25.8. The molecule has 8 heteroatoms. The van der Waals surface area contributed by atoms with Crippen LogP contribution in [-0.2, 0) is 25.5 Å². The summed E-state index contributed by atoms with van der Waals surface area (Å²) in [6, 6.07) is 12.8. The van der Waals surface area contributed by atoms with Gasteiger partial charge in [0.25, 0.3) is 11.8 Å². The lowest BCUT2D eigenvalue weighted by Crippen LogP contribution is -2.39. The first-order valence-corrected chi connectivity index (χ1v) is 11.8. The highest BCUT2D eigenvalue weighted by Gasteiger charge is 2.53. The predicted octanol–water partition coefficient (Wildman–Crippen LogP) is 5.04. The molecule has 2 aromatic rings. The molecule has 3 amide bonds. The van der Waals surface area contributed by atoms with Gasteiger partial charge in [-0.25, -0.2) is 14.1 Å². The van der Waals surface area contributed by atoms with E-state index in [0.29, 0.717) is 23.3 Å². The number of hydrogen-bond donors (Lipinski definition) is 0. The molecule has 36 heavy (non-hydrogen) atoms. The van der Waals surface area contributed by atoms with Gasteiger partial charge in [-0.3, -0.25) is 14.5 Å². The number of likely N-dealkylation sites (tertiary alicyclic amines) is 1. The smallest absolute Gasteiger partial charge is 0.417 e. The van der Waals surface area contributed by atoms with E-state index in [1.807, 2.05) is 24.3 Å². The molecule has 2 aliphatic heterocycles. The van der Waals surface area contributed by atoms with Gasteiger partial charge in [0.15, 0.2) is 6.23 Å². The predicted molar refractivity (Wildman–Crippen MR) is 130 cm³/mol. The van der Waals surface area contributed by atoms with Crippen LogP contribution in [-0.4, -0.2) is 34.6 Å². The average molecular weight is 491 g/mol. The minimum atomic E-state index is -0.818. The zero-order valence-corrected chi connectivity index (χ0v) is 20.5. The lowest BCUT2D eigenvalue weighted by molar-refractivity contribution is -0.125. The molecule has 0 N–H and O–H groups in total. The van der Waals surface area contributed by atoms with Crippen LogP contribution in [0.25, 0.3) is 0 Å². The highest BCUT2D eigenvalue weighted by molar-refractivity contribution is 6.08. The number of fused-ring (bicyclic) bond motifs is 3. The van der Waals surface area contributed by atoms with E-state index in [9.17, 15) is 18.8 Å². The maximum Gasteiger partial charge on any atom is 0.417 e. The van der Waals surface area contributed by atoms with Gasteiger partial charge in [-0.05, 0) is 75.6 Å². The van der Waals surface area contributed by atoms with Crippen molar-refractivity contribution in [1.82, 2.24) is 4.90 Å². The van der Waals surface area contributed by atoms with Gasteiger partial charge in [-0.15, -0.1) is 0 Å². The minimum absolute atomic E-state index is 0.274. The molecule has 0 bridgehead atoms. The van der Waals surface area contributed by atoms with E-state index >= 15 is 0 Å². The lowest BCUT2D eigenvalue weighted by atomic mass is 9.97. The molecule has 3 atom stereocenters. The zero-order valence-electron chi connectivity index (χ0n) is 20.5. The summed E-state index contributed by atoms with van der Waals surface area (Å²) in [5.41, 5.74) is 2.48. The van der Waals surface area contributed by atoms with Gasteiger partial charge in [-0.1, -0.05) is 24.3 Å². The van der Waals surface area contributed by atoms with Gasteiger partial charge in [0, 0.05) is 17.2 Å². The van der Waals surface area contributed by atoms with Crippen molar-refractivity contribution in [2.75, 3.05) is 4.90 Å². The molecule has 5 rings (SSSR count). The fourth-order valence-electron chi connectivity index (χ4n) is 5.02. The quantitative estimate of drug-likeness (QED) is 0.445. The molecule has 3 aliphatic rings. The molecule has 1 fully saturated rings. The fourth-order valence-corrected chi connectivity index (χ4v) is 5.02. The second-order valence-corrected chi connectivity index (χ2v) is 10.2. The van der Waals surface area contributed by atoms with E-state index in [1.165, 1.54) is 40.3 Å². The van der Waals surface area contributed by atoms with Gasteiger partial charge in [0.05, 0.1) is 17.9 Å². The average Bonchev–Trinajstić information content (AvgIpc) is 3.40. The summed E-state index contributed by atoms with van der Waals surface area (Å²) in [7, 11) is 0. The second-order valence-electron chi connectivity index (χ2n) is 10.2. The van der Waals surface area contributed by atoms with Crippen LogP contribution in [0.3, 0.4) is 0 Å². The Morgan fingerprint density at radius 3 is 2.44 bits per heavy atom. The van der Waals surface area contributed by atoms with E-state index in [2.05, 4.69) is 0 Å². The van der Waals surface area contributed by atoms with Gasteiger partial charge < -0.3 is 9.47 Å². The Morgan fingerprint density at radius 2 is 1.75 bits per heavy atom. The summed E-state index contributed by atoms with van der Waals surface area (Å²) in [4.78, 5) is 42.0. The minimum Gasteiger partial charge on any atom is -0.474 e. The Balaban J connectivity index is 1.47. The Bertz CT molecular complexity index is 1310. The van der Waals surface area contributed by atoms with Crippen LogP contribution >= 0.6 is 0 Å². The highest BCUT2D eigenvalue weighted by Crippen LogP contribution is 2.50. The Morgan fingerprint density at radius 1 is 1.06 bits per heavy atom. The molecule has 2 aromatic carbocycles. The van der Waals surface area contributed by atoms with E-state index in [0.717, 1.165) is 11.1 Å². The summed E-state index contributed by atoms with van der Waals surface area (Å²) < 4.78 is 25.0. The van der Waals surface area contributed by atoms with Crippen LogP contribution in [0.4, 0.5) is 14.9 Å². The van der Waals surface area contributed by atoms with E-state index in [-0.39, 0.29) is 11.8 Å². The van der Waals surface area contributed by atoms with Gasteiger partial charge in [0.2, 0.25) is 0 Å². The van der Waals surface area contributed by atoms with Gasteiger partial charge in [-0.2, -0.15) is 0 Å². The van der Waals surface area contributed by atoms with Crippen LogP contribution < -0.4 is 4.90 Å². The number of rotatable bonds is 3. The van der Waals surface area contributed by atoms with Gasteiger partial charge >= 0.3 is 6.09 Å². The lowest BCUT2D eigenvalue weighted by Gasteiger charge is -2.27. The van der Waals surface area contributed by atoms with E-state index < -0.39 is 35.7 Å². The molecule has 0 saturated carbocycles. The molecule has 0 aromatic heterocycles. The van der Waals surface area contributed by atoms with E-state index in [1.54, 1.807) is 33.8 Å². The SMILES string of the molecule is CC1=CC(OC=C2C(=O)N(C(=O)OC(C)(C)C)C3c4ccccc4CC23)N(c2ccc(F)cc2)C1=O. The van der Waals surface area contributed by atoms with Crippen LogP contribution in [0.15, 0.2) is 72.0 Å². The molecule has 3 unspecified atom stereocenters. The third-order valence-corrected chi connectivity index (χ3v) is 6.57. The number of hydrogen-bond acceptors (Lipinski definition) is 5. The first-order chi connectivity index (χ1) is 17.0. The van der Waals surface area contributed by atoms with Crippen LogP contribution in [0, 0.1) is 11.7 Å². The summed E-state index contributed by atoms with van der Waals surface area (Å²) in [5, 5.41) is 0. The number of nitrogens with zero attached hydrogens (tertiary/aromatic N) is 2. The van der Waals surface area contributed by atoms with Crippen molar-refractivity contribution in [2.24, 2.45) is 5.92 Å².